The maximum atomic E-state index is 13.2. The van der Waals surface area contributed by atoms with Crippen molar-refractivity contribution >= 4 is 11.9 Å². The van der Waals surface area contributed by atoms with Gasteiger partial charge in [-0.3, -0.25) is 9.59 Å². The van der Waals surface area contributed by atoms with Gasteiger partial charge in [0.2, 0.25) is 11.8 Å². The number of nitrogens with one attached hydrogen (secondary N) is 1. The predicted octanol–water partition coefficient (Wildman–Crippen LogP) is 2.90. The van der Waals surface area contributed by atoms with Gasteiger partial charge in [-0.15, -0.1) is 0 Å². The predicted molar refractivity (Wildman–Crippen MR) is 110 cm³/mol. The molecule has 0 aliphatic carbocycles. The molecule has 1 aliphatic rings. The Morgan fingerprint density at radius 2 is 2.03 bits per heavy atom. The number of hydrogen-bond donors (Lipinski definition) is 2. The van der Waals surface area contributed by atoms with Gasteiger partial charge in [0.15, 0.2) is 5.82 Å². The Morgan fingerprint density at radius 3 is 2.77 bits per heavy atom. The number of carbonyl (C=O) groups is 2. The number of aliphatic carboxylic acids is 1. The lowest BCUT2D eigenvalue weighted by Crippen LogP contribution is -2.41. The minimum Gasteiger partial charge on any atom is -0.481 e. The molecule has 1 aliphatic heterocycles. The summed E-state index contributed by atoms with van der Waals surface area (Å²) in [6.45, 7) is 3.90. The Hall–Kier alpha value is -3.49. The van der Waals surface area contributed by atoms with E-state index in [0.717, 1.165) is 17.0 Å². The number of H-pyrrole nitrogens is 1. The first-order chi connectivity index (χ1) is 14.8. The number of carboxylic acids is 1. The molecule has 1 atom stereocenters. The van der Waals surface area contributed by atoms with Gasteiger partial charge in [0, 0.05) is 19.3 Å². The highest BCUT2D eigenvalue weighted by Gasteiger charge is 2.38. The zero-order valence-corrected chi connectivity index (χ0v) is 17.5. The number of carbonyl (C=O) groups excluding carboxylic acids is 1. The van der Waals surface area contributed by atoms with Crippen molar-refractivity contribution in [1.29, 1.82) is 0 Å². The number of aromatic nitrogens is 4. The molecule has 0 fully saturated rings. The van der Waals surface area contributed by atoms with E-state index in [0.29, 0.717) is 31.1 Å². The van der Waals surface area contributed by atoms with Crippen LogP contribution in [0.5, 0.6) is 0 Å². The maximum Gasteiger partial charge on any atom is 0.303 e. The van der Waals surface area contributed by atoms with E-state index in [1.807, 2.05) is 30.3 Å². The van der Waals surface area contributed by atoms with Crippen molar-refractivity contribution in [2.75, 3.05) is 0 Å². The average molecular weight is 423 g/mol. The summed E-state index contributed by atoms with van der Waals surface area (Å²) in [5.41, 5.74) is 2.12. The summed E-state index contributed by atoms with van der Waals surface area (Å²) in [5.74, 6) is -0.165. The molecule has 2 aromatic heterocycles. The summed E-state index contributed by atoms with van der Waals surface area (Å²) < 4.78 is 5.56. The molecule has 1 amide bonds. The third-order valence-corrected chi connectivity index (χ3v) is 5.45. The summed E-state index contributed by atoms with van der Waals surface area (Å²) in [6, 6.07) is 9.40. The van der Waals surface area contributed by atoms with Gasteiger partial charge in [-0.25, -0.2) is 4.98 Å². The van der Waals surface area contributed by atoms with E-state index in [9.17, 15) is 9.59 Å². The van der Waals surface area contributed by atoms with Crippen LogP contribution in [0.4, 0.5) is 0 Å². The van der Waals surface area contributed by atoms with Crippen molar-refractivity contribution in [3.63, 3.8) is 0 Å². The van der Waals surface area contributed by atoms with Gasteiger partial charge in [0.1, 0.15) is 6.04 Å². The maximum absolute atomic E-state index is 13.2. The summed E-state index contributed by atoms with van der Waals surface area (Å²) in [5, 5.41) is 13.3. The van der Waals surface area contributed by atoms with Crippen molar-refractivity contribution in [2.24, 2.45) is 5.41 Å². The summed E-state index contributed by atoms with van der Waals surface area (Å²) in [7, 11) is 0. The third kappa shape index (κ3) is 4.82. The van der Waals surface area contributed by atoms with E-state index >= 15 is 0 Å². The number of fused-ring (bicyclic) bond motifs is 1. The van der Waals surface area contributed by atoms with Crippen molar-refractivity contribution in [3.05, 3.63) is 65.3 Å². The number of imidazole rings is 1. The normalized spacial score (nSPS) is 16.2. The van der Waals surface area contributed by atoms with E-state index in [1.165, 1.54) is 0 Å². The van der Waals surface area contributed by atoms with Crippen LogP contribution in [-0.4, -0.2) is 42.0 Å². The molecule has 0 bridgehead atoms. The topological polar surface area (TPSA) is 125 Å². The second-order valence-corrected chi connectivity index (χ2v) is 8.69. The number of amides is 1. The van der Waals surface area contributed by atoms with Crippen LogP contribution in [0.1, 0.15) is 61.4 Å². The molecule has 1 aromatic carbocycles. The Balaban J connectivity index is 1.57. The Bertz CT molecular complexity index is 1070. The quantitative estimate of drug-likeness (QED) is 0.598. The summed E-state index contributed by atoms with van der Waals surface area (Å²) in [6.07, 6.45) is 2.61. The Kier molecular flexibility index (Phi) is 5.58. The van der Waals surface area contributed by atoms with Crippen molar-refractivity contribution < 1.29 is 19.2 Å². The van der Waals surface area contributed by atoms with E-state index < -0.39 is 17.4 Å². The van der Waals surface area contributed by atoms with Gasteiger partial charge in [0.05, 0.1) is 30.7 Å². The molecule has 0 radical (unpaired) electrons. The molecular formula is C22H25N5O4. The third-order valence-electron chi connectivity index (χ3n) is 5.45. The Labute approximate surface area is 179 Å². The van der Waals surface area contributed by atoms with Crippen LogP contribution in [0.3, 0.4) is 0 Å². The van der Waals surface area contributed by atoms with E-state index in [1.54, 1.807) is 25.1 Å². The van der Waals surface area contributed by atoms with Crippen LogP contribution in [0.2, 0.25) is 0 Å². The van der Waals surface area contributed by atoms with Gasteiger partial charge in [-0.1, -0.05) is 49.3 Å². The van der Waals surface area contributed by atoms with Gasteiger partial charge in [-0.2, -0.15) is 4.98 Å². The van der Waals surface area contributed by atoms with E-state index in [-0.39, 0.29) is 18.7 Å². The fourth-order valence-electron chi connectivity index (χ4n) is 3.95. The molecule has 162 valence electrons. The number of rotatable bonds is 7. The number of carboxylic acid groups (broad SMARTS) is 1. The smallest absolute Gasteiger partial charge is 0.303 e. The van der Waals surface area contributed by atoms with E-state index in [2.05, 4.69) is 20.1 Å². The molecule has 3 aromatic rings. The number of benzene rings is 1. The van der Waals surface area contributed by atoms with Crippen molar-refractivity contribution in [1.82, 2.24) is 25.0 Å². The molecule has 31 heavy (non-hydrogen) atoms. The Morgan fingerprint density at radius 1 is 1.26 bits per heavy atom. The minimum atomic E-state index is -0.925. The minimum absolute atomic E-state index is 0.0890. The van der Waals surface area contributed by atoms with Crippen LogP contribution in [0.15, 0.2) is 41.2 Å². The van der Waals surface area contributed by atoms with Gasteiger partial charge >= 0.3 is 5.97 Å². The summed E-state index contributed by atoms with van der Waals surface area (Å²) in [4.78, 5) is 38.1. The highest BCUT2D eigenvalue weighted by molar-refractivity contribution is 5.78. The fraction of sp³-hybridized carbons (Fsp3) is 0.409. The highest BCUT2D eigenvalue weighted by atomic mass is 16.5. The molecular weight excluding hydrogens is 398 g/mol. The van der Waals surface area contributed by atoms with E-state index in [4.69, 9.17) is 9.63 Å². The van der Waals surface area contributed by atoms with Crippen molar-refractivity contribution in [3.8, 4) is 0 Å². The van der Waals surface area contributed by atoms with Gasteiger partial charge < -0.3 is 19.5 Å². The van der Waals surface area contributed by atoms with Crippen LogP contribution in [-0.2, 0) is 29.0 Å². The second kappa shape index (κ2) is 8.33. The van der Waals surface area contributed by atoms with Crippen LogP contribution in [0, 0.1) is 5.41 Å². The zero-order valence-electron chi connectivity index (χ0n) is 17.5. The van der Waals surface area contributed by atoms with Crippen molar-refractivity contribution in [2.45, 2.75) is 52.1 Å². The first-order valence-corrected chi connectivity index (χ1v) is 10.2. The number of hydrogen-bond acceptors (Lipinski definition) is 6. The van der Waals surface area contributed by atoms with Crippen LogP contribution >= 0.6 is 0 Å². The lowest BCUT2D eigenvalue weighted by Gasteiger charge is -2.35. The molecule has 4 rings (SSSR count). The first-order valence-electron chi connectivity index (χ1n) is 10.2. The molecule has 0 spiro atoms. The van der Waals surface area contributed by atoms with Crippen LogP contribution in [0.25, 0.3) is 0 Å². The highest BCUT2D eigenvalue weighted by Crippen LogP contribution is 2.34. The average Bonchev–Trinajstić information content (AvgIpc) is 3.35. The largest absolute Gasteiger partial charge is 0.481 e. The molecule has 3 heterocycles. The standard InChI is InChI=1S/C22H25N5O4/c1-22(2,11-20(29)30)10-19(28)27-12-16-15(23-13-24-16)9-17(27)21-25-18(26-31-21)8-14-6-4-3-5-7-14/h3-7,13,17H,8-12H2,1-2H3,(H,23,24)(H,29,30)/t17-/m0/s1. The molecule has 9 nitrogen and oxygen atoms in total. The molecule has 9 heteroatoms. The van der Waals surface area contributed by atoms with Gasteiger partial charge in [-0.05, 0) is 11.0 Å². The number of aromatic amines is 1. The molecule has 0 saturated carbocycles. The lowest BCUT2D eigenvalue weighted by atomic mass is 9.84. The SMILES string of the molecule is CC(C)(CC(=O)O)CC(=O)N1Cc2[nH]cnc2C[C@H]1c1nc(Cc2ccccc2)no1. The second-order valence-electron chi connectivity index (χ2n) is 8.69. The number of nitrogens with zero attached hydrogens (tertiary/aromatic N) is 4. The molecule has 2 N–H and O–H groups in total. The monoisotopic (exact) mass is 423 g/mol. The zero-order chi connectivity index (χ0) is 22.0. The van der Waals surface area contributed by atoms with Gasteiger partial charge in [0.25, 0.3) is 0 Å². The fourth-order valence-corrected chi connectivity index (χ4v) is 3.95. The molecule has 0 unspecified atom stereocenters. The molecule has 0 saturated heterocycles. The first kappa shape index (κ1) is 20.8. The lowest BCUT2D eigenvalue weighted by molar-refractivity contribution is -0.142. The van der Waals surface area contributed by atoms with Crippen LogP contribution < -0.4 is 0 Å². The summed E-state index contributed by atoms with van der Waals surface area (Å²) >= 11 is 0.